The van der Waals surface area contributed by atoms with Crippen molar-refractivity contribution in [3.8, 4) is 11.1 Å². The summed E-state index contributed by atoms with van der Waals surface area (Å²) in [6, 6.07) is 12.2. The van der Waals surface area contributed by atoms with Gasteiger partial charge in [0.25, 0.3) is 0 Å². The van der Waals surface area contributed by atoms with Crippen LogP contribution in [0.5, 0.6) is 0 Å². The van der Waals surface area contributed by atoms with E-state index in [1.807, 2.05) is 0 Å². The van der Waals surface area contributed by atoms with E-state index in [1.165, 1.54) is 30.3 Å². The molecule has 0 aliphatic heterocycles. The molecule has 0 atom stereocenters. The fourth-order valence-corrected chi connectivity index (χ4v) is 4.70. The van der Waals surface area contributed by atoms with Gasteiger partial charge in [0.15, 0.2) is 17.5 Å². The van der Waals surface area contributed by atoms with Crippen LogP contribution < -0.4 is 0 Å². The summed E-state index contributed by atoms with van der Waals surface area (Å²) in [6.07, 6.45) is 6.15. The fraction of sp³-hybridized carbons (Fsp3) is 0.290. The van der Waals surface area contributed by atoms with Crippen molar-refractivity contribution < 1.29 is 26.3 Å². The zero-order valence-corrected chi connectivity index (χ0v) is 20.6. The molecule has 0 aromatic heterocycles. The second kappa shape index (κ2) is 11.8. The number of benzene rings is 4. The average Bonchev–Trinajstić information content (AvgIpc) is 2.86. The minimum atomic E-state index is -1.54. The minimum Gasteiger partial charge on any atom is -0.206 e. The lowest BCUT2D eigenvalue weighted by Gasteiger charge is -2.12. The summed E-state index contributed by atoms with van der Waals surface area (Å²) in [6.45, 7) is 2.13. The summed E-state index contributed by atoms with van der Waals surface area (Å²) in [4.78, 5) is 0. The van der Waals surface area contributed by atoms with Crippen molar-refractivity contribution in [1.82, 2.24) is 0 Å². The maximum Gasteiger partial charge on any atom is 0.194 e. The molecule has 0 aliphatic rings. The van der Waals surface area contributed by atoms with Crippen LogP contribution in [0.1, 0.15) is 55.7 Å². The van der Waals surface area contributed by atoms with E-state index in [4.69, 9.17) is 0 Å². The molecule has 0 nitrogen and oxygen atoms in total. The van der Waals surface area contributed by atoms with Crippen LogP contribution in [-0.4, -0.2) is 0 Å². The largest absolute Gasteiger partial charge is 0.206 e. The van der Waals surface area contributed by atoms with E-state index < -0.39 is 34.9 Å². The van der Waals surface area contributed by atoms with Crippen LogP contribution in [-0.2, 0) is 19.3 Å². The van der Waals surface area contributed by atoms with Gasteiger partial charge in [-0.1, -0.05) is 56.9 Å². The normalized spacial score (nSPS) is 11.4. The Hall–Kier alpha value is -3.28. The zero-order chi connectivity index (χ0) is 26.5. The molecule has 0 amide bonds. The van der Waals surface area contributed by atoms with E-state index >= 15 is 4.39 Å². The van der Waals surface area contributed by atoms with Crippen LogP contribution >= 0.6 is 0 Å². The Morgan fingerprint density at radius 2 is 1.16 bits per heavy atom. The first-order valence-corrected chi connectivity index (χ1v) is 12.6. The van der Waals surface area contributed by atoms with Gasteiger partial charge in [-0.2, -0.15) is 0 Å². The van der Waals surface area contributed by atoms with Gasteiger partial charge in [-0.3, -0.25) is 0 Å². The van der Waals surface area contributed by atoms with E-state index in [0.29, 0.717) is 28.5 Å². The highest BCUT2D eigenvalue weighted by Crippen LogP contribution is 2.32. The number of halogens is 6. The second-order valence-corrected chi connectivity index (χ2v) is 9.45. The number of hydrogen-bond donors (Lipinski definition) is 0. The molecule has 6 heteroatoms. The third-order valence-corrected chi connectivity index (χ3v) is 6.72. The molecule has 0 heterocycles. The number of unbranched alkanes of at least 4 members (excludes halogenated alkanes) is 4. The molecule has 37 heavy (non-hydrogen) atoms. The van der Waals surface area contributed by atoms with Crippen molar-refractivity contribution in [2.24, 2.45) is 0 Å². The van der Waals surface area contributed by atoms with Gasteiger partial charge in [-0.05, 0) is 83.7 Å². The molecule has 0 saturated carbocycles. The highest BCUT2D eigenvalue weighted by atomic mass is 19.2. The van der Waals surface area contributed by atoms with E-state index in [1.54, 1.807) is 12.1 Å². The minimum absolute atomic E-state index is 0.107. The number of hydrogen-bond acceptors (Lipinski definition) is 0. The first-order chi connectivity index (χ1) is 17.8. The molecule has 0 bridgehead atoms. The van der Waals surface area contributed by atoms with Gasteiger partial charge in [-0.15, -0.1) is 0 Å². The van der Waals surface area contributed by atoms with Crippen molar-refractivity contribution in [2.45, 2.75) is 58.3 Å². The van der Waals surface area contributed by atoms with Gasteiger partial charge in [0.05, 0.1) is 5.56 Å². The van der Waals surface area contributed by atoms with Gasteiger partial charge < -0.3 is 0 Å². The van der Waals surface area contributed by atoms with Crippen molar-refractivity contribution in [1.29, 1.82) is 0 Å². The Balaban J connectivity index is 1.53. The molecule has 4 aromatic carbocycles. The predicted molar refractivity (Wildman–Crippen MR) is 135 cm³/mol. The maximum atomic E-state index is 15.2. The molecule has 0 N–H and O–H groups in total. The molecule has 0 unspecified atom stereocenters. The van der Waals surface area contributed by atoms with Gasteiger partial charge >= 0.3 is 0 Å². The van der Waals surface area contributed by atoms with Gasteiger partial charge in [0.2, 0.25) is 0 Å². The SMILES string of the molecule is CCCCCCCc1cc(F)c(-c2ccc3c(F)c(CCc4cc(F)c(F)c(F)c4)ccc3c2)c(F)c1. The third kappa shape index (κ3) is 6.17. The standard InChI is InChI=1S/C31H28F6/c1-2-3-4-5-6-7-19-14-25(32)29(26(33)15-19)23-12-13-24-22(18-23)11-10-21(30(24)36)9-8-20-16-27(34)31(37)28(35)17-20/h10-18H,2-9H2,1H3. The van der Waals surface area contributed by atoms with E-state index in [9.17, 15) is 22.0 Å². The van der Waals surface area contributed by atoms with E-state index in [0.717, 1.165) is 44.2 Å². The Labute approximate surface area is 213 Å². The summed E-state index contributed by atoms with van der Waals surface area (Å²) in [5.41, 5.74) is 1.29. The maximum absolute atomic E-state index is 15.2. The fourth-order valence-electron chi connectivity index (χ4n) is 4.70. The molecule has 4 aromatic rings. The van der Waals surface area contributed by atoms with E-state index in [-0.39, 0.29) is 29.4 Å². The van der Waals surface area contributed by atoms with E-state index in [2.05, 4.69) is 6.92 Å². The third-order valence-electron chi connectivity index (χ3n) is 6.72. The average molecular weight is 515 g/mol. The monoisotopic (exact) mass is 514 g/mol. The van der Waals surface area contributed by atoms with Crippen LogP contribution in [0.3, 0.4) is 0 Å². The summed E-state index contributed by atoms with van der Waals surface area (Å²) >= 11 is 0. The lowest BCUT2D eigenvalue weighted by atomic mass is 9.95. The Morgan fingerprint density at radius 1 is 0.541 bits per heavy atom. The zero-order valence-electron chi connectivity index (χ0n) is 20.6. The first-order valence-electron chi connectivity index (χ1n) is 12.6. The van der Waals surface area contributed by atoms with Gasteiger partial charge in [0.1, 0.15) is 17.5 Å². The first kappa shape index (κ1) is 26.8. The summed E-state index contributed by atoms with van der Waals surface area (Å²) in [5, 5.41) is 0.735. The Morgan fingerprint density at radius 3 is 1.84 bits per heavy atom. The Bertz CT molecular complexity index is 1360. The molecular formula is C31H28F6. The second-order valence-electron chi connectivity index (χ2n) is 9.45. The number of aryl methyl sites for hydroxylation is 3. The summed E-state index contributed by atoms with van der Waals surface area (Å²) < 4.78 is 85.1. The van der Waals surface area contributed by atoms with Crippen LogP contribution in [0, 0.1) is 34.9 Å². The lowest BCUT2D eigenvalue weighted by Crippen LogP contribution is -1.99. The number of fused-ring (bicyclic) bond motifs is 1. The molecule has 194 valence electrons. The molecular weight excluding hydrogens is 486 g/mol. The summed E-state index contributed by atoms with van der Waals surface area (Å²) in [5.74, 6) is -5.95. The molecule has 4 rings (SSSR count). The Kier molecular flexibility index (Phi) is 8.57. The van der Waals surface area contributed by atoms with Crippen LogP contribution in [0.25, 0.3) is 21.9 Å². The predicted octanol–water partition coefficient (Wildman–Crippen LogP) is 9.64. The van der Waals surface area contributed by atoms with Crippen LogP contribution in [0.2, 0.25) is 0 Å². The molecule has 0 spiro atoms. The van der Waals surface area contributed by atoms with Crippen molar-refractivity contribution >= 4 is 10.8 Å². The highest BCUT2D eigenvalue weighted by molar-refractivity contribution is 5.88. The van der Waals surface area contributed by atoms with Gasteiger partial charge in [-0.25, -0.2) is 26.3 Å². The topological polar surface area (TPSA) is 0 Å². The van der Waals surface area contributed by atoms with Crippen LogP contribution in [0.4, 0.5) is 26.3 Å². The molecule has 0 fully saturated rings. The summed E-state index contributed by atoms with van der Waals surface area (Å²) in [7, 11) is 0. The molecule has 0 saturated heterocycles. The lowest BCUT2D eigenvalue weighted by molar-refractivity contribution is 0.445. The highest BCUT2D eigenvalue weighted by Gasteiger charge is 2.16. The molecule has 0 radical (unpaired) electrons. The molecule has 0 aliphatic carbocycles. The quantitative estimate of drug-likeness (QED) is 0.112. The van der Waals surface area contributed by atoms with Crippen molar-refractivity contribution in [2.75, 3.05) is 0 Å². The number of rotatable bonds is 10. The van der Waals surface area contributed by atoms with Gasteiger partial charge in [0, 0.05) is 5.39 Å². The van der Waals surface area contributed by atoms with Crippen LogP contribution in [0.15, 0.2) is 54.6 Å². The smallest absolute Gasteiger partial charge is 0.194 e. The van der Waals surface area contributed by atoms with Crippen molar-refractivity contribution in [3.63, 3.8) is 0 Å². The van der Waals surface area contributed by atoms with Crippen molar-refractivity contribution in [3.05, 3.63) is 106 Å².